The van der Waals surface area contributed by atoms with Crippen molar-refractivity contribution < 1.29 is 9.47 Å². The van der Waals surface area contributed by atoms with Gasteiger partial charge in [0.05, 0.1) is 6.04 Å². The predicted octanol–water partition coefficient (Wildman–Crippen LogP) is 4.16. The van der Waals surface area contributed by atoms with Crippen LogP contribution in [0.15, 0.2) is 36.4 Å². The molecule has 0 aliphatic carbocycles. The molecule has 1 unspecified atom stereocenters. The van der Waals surface area contributed by atoms with Gasteiger partial charge in [0.15, 0.2) is 11.5 Å². The van der Waals surface area contributed by atoms with Crippen LogP contribution in [0, 0.1) is 0 Å². The first-order valence-electron chi connectivity index (χ1n) is 9.10. The molecule has 136 valence electrons. The molecule has 0 fully saturated rings. The highest BCUT2D eigenvalue weighted by molar-refractivity contribution is 5.86. The van der Waals surface area contributed by atoms with Crippen LogP contribution < -0.4 is 14.8 Å². The van der Waals surface area contributed by atoms with Crippen LogP contribution in [0.4, 0.5) is 0 Å². The predicted molar refractivity (Wildman–Crippen MR) is 106 cm³/mol. The lowest BCUT2D eigenvalue weighted by molar-refractivity contribution is 0.171. The molecule has 0 bridgehead atoms. The van der Waals surface area contributed by atoms with Crippen molar-refractivity contribution in [3.05, 3.63) is 58.8 Å². The van der Waals surface area contributed by atoms with Gasteiger partial charge in [-0.25, -0.2) is 0 Å². The Morgan fingerprint density at radius 2 is 1.88 bits per heavy atom. The topological polar surface area (TPSA) is 46.3 Å². The molecule has 2 N–H and O–H groups in total. The number of fused-ring (bicyclic) bond motifs is 4. The third kappa shape index (κ3) is 2.74. The fraction of sp³-hybridized carbons (Fsp3) is 0.333. The van der Waals surface area contributed by atoms with Crippen LogP contribution in [0.3, 0.4) is 0 Å². The summed E-state index contributed by atoms with van der Waals surface area (Å²) in [6.45, 7) is 4.43. The number of rotatable bonds is 2. The Hall–Kier alpha value is -2.17. The van der Waals surface area contributed by atoms with Gasteiger partial charge in [-0.05, 0) is 53.8 Å². The third-order valence-electron chi connectivity index (χ3n) is 5.32. The van der Waals surface area contributed by atoms with Gasteiger partial charge >= 0.3 is 0 Å². The molecule has 3 aromatic rings. The quantitative estimate of drug-likeness (QED) is 0.712. The molecule has 1 atom stereocenters. The van der Waals surface area contributed by atoms with E-state index in [0.29, 0.717) is 13.2 Å². The lowest BCUT2D eigenvalue weighted by Crippen LogP contribution is -2.30. The summed E-state index contributed by atoms with van der Waals surface area (Å²) >= 11 is 0. The van der Waals surface area contributed by atoms with E-state index in [1.165, 1.54) is 33.3 Å². The second-order valence-electron chi connectivity index (χ2n) is 6.79. The van der Waals surface area contributed by atoms with E-state index >= 15 is 0 Å². The molecule has 2 aromatic carbocycles. The Bertz CT molecular complexity index is 951. The van der Waals surface area contributed by atoms with Gasteiger partial charge in [0.1, 0.15) is 13.2 Å². The summed E-state index contributed by atoms with van der Waals surface area (Å²) in [4.78, 5) is 3.66. The second-order valence-corrected chi connectivity index (χ2v) is 6.79. The first-order chi connectivity index (χ1) is 12.3. The van der Waals surface area contributed by atoms with E-state index in [1.54, 1.807) is 0 Å². The maximum absolute atomic E-state index is 5.77. The van der Waals surface area contributed by atoms with Gasteiger partial charge in [-0.3, -0.25) is 0 Å². The van der Waals surface area contributed by atoms with Crippen LogP contribution in [0.2, 0.25) is 0 Å². The van der Waals surface area contributed by atoms with Crippen LogP contribution in [-0.4, -0.2) is 24.7 Å². The molecule has 1 aromatic heterocycles. The smallest absolute Gasteiger partial charge is 0.161 e. The van der Waals surface area contributed by atoms with Crippen LogP contribution in [0.5, 0.6) is 11.5 Å². The highest BCUT2D eigenvalue weighted by Crippen LogP contribution is 2.38. The Kier molecular flexibility index (Phi) is 4.55. The summed E-state index contributed by atoms with van der Waals surface area (Å²) < 4.78 is 11.4. The van der Waals surface area contributed by atoms with E-state index in [4.69, 9.17) is 9.47 Å². The number of hydrogen-bond donors (Lipinski definition) is 2. The Labute approximate surface area is 159 Å². The molecule has 5 rings (SSSR count). The number of aromatic amines is 1. The van der Waals surface area contributed by atoms with E-state index in [2.05, 4.69) is 47.6 Å². The van der Waals surface area contributed by atoms with E-state index in [9.17, 15) is 0 Å². The average molecular weight is 371 g/mol. The molecule has 0 amide bonds. The summed E-state index contributed by atoms with van der Waals surface area (Å²) in [5.41, 5.74) is 6.57. The van der Waals surface area contributed by atoms with Crippen LogP contribution in [0.1, 0.15) is 35.3 Å². The Morgan fingerprint density at radius 3 is 2.73 bits per heavy atom. The molecule has 5 heteroatoms. The molecule has 2 aliphatic rings. The summed E-state index contributed by atoms with van der Waals surface area (Å²) in [5.74, 6) is 1.69. The number of ether oxygens (including phenoxy) is 2. The van der Waals surface area contributed by atoms with Crippen molar-refractivity contribution in [3.63, 3.8) is 0 Å². The molecule has 0 saturated heterocycles. The number of H-pyrrole nitrogens is 1. The molecule has 2 aliphatic heterocycles. The normalized spacial score (nSPS) is 18.3. The van der Waals surface area contributed by atoms with E-state index < -0.39 is 0 Å². The van der Waals surface area contributed by atoms with Crippen molar-refractivity contribution in [3.8, 4) is 11.5 Å². The van der Waals surface area contributed by atoms with Gasteiger partial charge < -0.3 is 19.8 Å². The van der Waals surface area contributed by atoms with Gasteiger partial charge in [-0.15, -0.1) is 12.4 Å². The zero-order valence-electron chi connectivity index (χ0n) is 14.8. The first kappa shape index (κ1) is 17.3. The maximum Gasteiger partial charge on any atom is 0.161 e. The monoisotopic (exact) mass is 370 g/mol. The zero-order valence-corrected chi connectivity index (χ0v) is 15.6. The lowest BCUT2D eigenvalue weighted by atomic mass is 9.93. The molecule has 26 heavy (non-hydrogen) atoms. The number of hydrogen-bond acceptors (Lipinski definition) is 3. The van der Waals surface area contributed by atoms with Crippen molar-refractivity contribution in [2.45, 2.75) is 25.8 Å². The molecular weight excluding hydrogens is 348 g/mol. The van der Waals surface area contributed by atoms with Crippen LogP contribution in [0.25, 0.3) is 10.9 Å². The highest BCUT2D eigenvalue weighted by Gasteiger charge is 2.26. The summed E-state index contributed by atoms with van der Waals surface area (Å²) in [6, 6.07) is 13.2. The summed E-state index contributed by atoms with van der Waals surface area (Å²) in [5, 5.41) is 5.03. The molecule has 0 saturated carbocycles. The SMILES string of the molecule is CCc1ccc2[nH]c3c(c2c1)CCNC3c1ccc2c(c1)OCCO2.Cl. The lowest BCUT2D eigenvalue weighted by Gasteiger charge is -2.26. The van der Waals surface area contributed by atoms with Crippen LogP contribution >= 0.6 is 12.4 Å². The number of benzene rings is 2. The fourth-order valence-electron chi connectivity index (χ4n) is 4.02. The largest absolute Gasteiger partial charge is 0.486 e. The maximum atomic E-state index is 5.77. The molecule has 0 spiro atoms. The average Bonchev–Trinajstić information content (AvgIpc) is 3.05. The molecule has 4 nitrogen and oxygen atoms in total. The number of aromatic nitrogens is 1. The fourth-order valence-corrected chi connectivity index (χ4v) is 4.02. The number of halogens is 1. The zero-order chi connectivity index (χ0) is 16.8. The Morgan fingerprint density at radius 1 is 1.04 bits per heavy atom. The first-order valence-corrected chi connectivity index (χ1v) is 9.10. The van der Waals surface area contributed by atoms with Crippen molar-refractivity contribution in [2.75, 3.05) is 19.8 Å². The summed E-state index contributed by atoms with van der Waals surface area (Å²) in [7, 11) is 0. The third-order valence-corrected chi connectivity index (χ3v) is 5.32. The molecule has 0 radical (unpaired) electrons. The van der Waals surface area contributed by atoms with Crippen molar-refractivity contribution >= 4 is 23.3 Å². The van der Waals surface area contributed by atoms with Gasteiger partial charge in [0.2, 0.25) is 0 Å². The minimum Gasteiger partial charge on any atom is -0.486 e. The van der Waals surface area contributed by atoms with Gasteiger partial charge in [-0.1, -0.05) is 19.1 Å². The second kappa shape index (κ2) is 6.86. The van der Waals surface area contributed by atoms with Gasteiger partial charge in [0, 0.05) is 23.1 Å². The van der Waals surface area contributed by atoms with Gasteiger partial charge in [0.25, 0.3) is 0 Å². The van der Waals surface area contributed by atoms with Gasteiger partial charge in [-0.2, -0.15) is 0 Å². The van der Waals surface area contributed by atoms with Crippen molar-refractivity contribution in [1.82, 2.24) is 10.3 Å². The molecule has 3 heterocycles. The molecular formula is C21H23ClN2O2. The minimum atomic E-state index is 0. The van der Waals surface area contributed by atoms with E-state index in [-0.39, 0.29) is 18.4 Å². The number of nitrogens with one attached hydrogen (secondary N) is 2. The van der Waals surface area contributed by atoms with E-state index in [1.807, 2.05) is 6.07 Å². The Balaban J connectivity index is 0.00000168. The van der Waals surface area contributed by atoms with Crippen molar-refractivity contribution in [1.29, 1.82) is 0 Å². The summed E-state index contributed by atoms with van der Waals surface area (Å²) in [6.07, 6.45) is 2.13. The van der Waals surface area contributed by atoms with Crippen LogP contribution in [-0.2, 0) is 12.8 Å². The standard InChI is InChI=1S/C21H22N2O2.ClH/c1-2-13-3-5-17-16(11-13)15-7-8-22-20(21(15)23-17)14-4-6-18-19(12-14)25-10-9-24-18;/h3-6,11-12,20,22-23H,2,7-10H2,1H3;1H. The highest BCUT2D eigenvalue weighted by atomic mass is 35.5. The van der Waals surface area contributed by atoms with Crippen molar-refractivity contribution in [2.24, 2.45) is 0 Å². The number of aryl methyl sites for hydroxylation is 1. The minimum absolute atomic E-state index is 0. The van der Waals surface area contributed by atoms with E-state index in [0.717, 1.165) is 30.9 Å².